The Labute approximate surface area is 112 Å². The smallest absolute Gasteiger partial charge is 0.0322 e. The van der Waals surface area contributed by atoms with Crippen LogP contribution in [0.4, 0.5) is 0 Å². The maximum atomic E-state index is 3.51. The lowest BCUT2D eigenvalue weighted by Gasteiger charge is -2.20. The SMILES string of the molecule is CNC1CC(C)CCc2ccc(CC(C)C)cc21. The first-order valence-electron chi connectivity index (χ1n) is 7.39. The highest BCUT2D eigenvalue weighted by Crippen LogP contribution is 2.32. The van der Waals surface area contributed by atoms with Crippen LogP contribution in [0.1, 0.15) is 56.3 Å². The maximum absolute atomic E-state index is 3.51. The minimum absolute atomic E-state index is 0.546. The van der Waals surface area contributed by atoms with Gasteiger partial charge < -0.3 is 5.32 Å². The summed E-state index contributed by atoms with van der Waals surface area (Å²) in [5, 5.41) is 3.51. The van der Waals surface area contributed by atoms with Crippen LogP contribution in [0.3, 0.4) is 0 Å². The quantitative estimate of drug-likeness (QED) is 0.790. The van der Waals surface area contributed by atoms with E-state index < -0.39 is 0 Å². The molecule has 2 atom stereocenters. The van der Waals surface area contributed by atoms with Gasteiger partial charge in [0, 0.05) is 6.04 Å². The molecule has 2 unspecified atom stereocenters. The van der Waals surface area contributed by atoms with Gasteiger partial charge in [0.2, 0.25) is 0 Å². The molecule has 0 bridgehead atoms. The molecule has 2 rings (SSSR count). The highest BCUT2D eigenvalue weighted by Gasteiger charge is 2.21. The second-order valence-electron chi connectivity index (χ2n) is 6.35. The van der Waals surface area contributed by atoms with Gasteiger partial charge >= 0.3 is 0 Å². The number of hydrogen-bond donors (Lipinski definition) is 1. The lowest BCUT2D eigenvalue weighted by Crippen LogP contribution is -2.18. The summed E-state index contributed by atoms with van der Waals surface area (Å²) < 4.78 is 0. The molecule has 1 aromatic carbocycles. The van der Waals surface area contributed by atoms with Crippen molar-refractivity contribution in [1.29, 1.82) is 0 Å². The molecule has 100 valence electrons. The molecule has 1 aliphatic rings. The van der Waals surface area contributed by atoms with Crippen LogP contribution < -0.4 is 5.32 Å². The summed E-state index contributed by atoms with van der Waals surface area (Å²) >= 11 is 0. The van der Waals surface area contributed by atoms with E-state index >= 15 is 0 Å². The van der Waals surface area contributed by atoms with E-state index in [2.05, 4.69) is 51.3 Å². The van der Waals surface area contributed by atoms with Crippen LogP contribution in [0.15, 0.2) is 18.2 Å². The third-order valence-electron chi connectivity index (χ3n) is 4.12. The standard InChI is InChI=1S/C17H27N/c1-12(2)9-14-6-8-15-7-5-13(3)10-17(18-4)16(15)11-14/h6,8,11-13,17-18H,5,7,9-10H2,1-4H3. The van der Waals surface area contributed by atoms with Crippen molar-refractivity contribution in [3.05, 3.63) is 34.9 Å². The molecule has 0 aliphatic heterocycles. The van der Waals surface area contributed by atoms with Crippen LogP contribution in [-0.2, 0) is 12.8 Å². The molecule has 1 aromatic rings. The fraction of sp³-hybridized carbons (Fsp3) is 0.647. The third kappa shape index (κ3) is 3.14. The van der Waals surface area contributed by atoms with Gasteiger partial charge in [-0.2, -0.15) is 0 Å². The van der Waals surface area contributed by atoms with E-state index in [0.29, 0.717) is 6.04 Å². The number of nitrogens with one attached hydrogen (secondary N) is 1. The van der Waals surface area contributed by atoms with E-state index in [-0.39, 0.29) is 0 Å². The molecule has 0 heterocycles. The van der Waals surface area contributed by atoms with Crippen LogP contribution in [-0.4, -0.2) is 7.05 Å². The second kappa shape index (κ2) is 5.88. The Morgan fingerprint density at radius 1 is 1.33 bits per heavy atom. The zero-order valence-electron chi connectivity index (χ0n) is 12.3. The monoisotopic (exact) mass is 245 g/mol. The summed E-state index contributed by atoms with van der Waals surface area (Å²) in [5.41, 5.74) is 4.62. The average Bonchev–Trinajstić information content (AvgIpc) is 2.48. The van der Waals surface area contributed by atoms with E-state index in [9.17, 15) is 0 Å². The molecule has 0 saturated heterocycles. The topological polar surface area (TPSA) is 12.0 Å². The predicted octanol–water partition coefficient (Wildman–Crippen LogP) is 4.12. The summed E-state index contributed by atoms with van der Waals surface area (Å²) in [7, 11) is 2.10. The van der Waals surface area contributed by atoms with Gasteiger partial charge in [0.05, 0.1) is 0 Å². The van der Waals surface area contributed by atoms with E-state index in [1.807, 2.05) is 0 Å². The Balaban J connectivity index is 2.30. The lowest BCUT2D eigenvalue weighted by atomic mass is 9.93. The molecular formula is C17H27N. The van der Waals surface area contributed by atoms with Gasteiger partial charge in [0.1, 0.15) is 0 Å². The van der Waals surface area contributed by atoms with Crippen molar-refractivity contribution in [2.75, 3.05) is 7.05 Å². The van der Waals surface area contributed by atoms with Crippen molar-refractivity contribution in [2.45, 2.75) is 52.5 Å². The first kappa shape index (κ1) is 13.6. The van der Waals surface area contributed by atoms with E-state index in [0.717, 1.165) is 11.8 Å². The summed E-state index contributed by atoms with van der Waals surface area (Å²) in [5.74, 6) is 1.56. The van der Waals surface area contributed by atoms with Gasteiger partial charge in [-0.25, -0.2) is 0 Å². The van der Waals surface area contributed by atoms with Crippen molar-refractivity contribution < 1.29 is 0 Å². The third-order valence-corrected chi connectivity index (χ3v) is 4.12. The summed E-state index contributed by atoms with van der Waals surface area (Å²) in [6, 6.07) is 7.70. The molecule has 0 fully saturated rings. The van der Waals surface area contributed by atoms with E-state index in [1.54, 1.807) is 11.1 Å². The highest BCUT2D eigenvalue weighted by atomic mass is 14.9. The number of rotatable bonds is 3. The Kier molecular flexibility index (Phi) is 4.45. The van der Waals surface area contributed by atoms with Gasteiger partial charge in [0.15, 0.2) is 0 Å². The first-order chi connectivity index (χ1) is 8.60. The molecule has 1 N–H and O–H groups in total. The molecule has 0 amide bonds. The molecule has 0 saturated carbocycles. The number of benzene rings is 1. The van der Waals surface area contributed by atoms with Gasteiger partial charge in [-0.05, 0) is 61.3 Å². The second-order valence-corrected chi connectivity index (χ2v) is 6.35. The van der Waals surface area contributed by atoms with Crippen LogP contribution in [0.2, 0.25) is 0 Å². The molecule has 0 aromatic heterocycles. The Bertz CT molecular complexity index is 395. The average molecular weight is 245 g/mol. The molecule has 1 heteroatoms. The highest BCUT2D eigenvalue weighted by molar-refractivity contribution is 5.35. The van der Waals surface area contributed by atoms with Crippen molar-refractivity contribution >= 4 is 0 Å². The Morgan fingerprint density at radius 3 is 2.78 bits per heavy atom. The first-order valence-corrected chi connectivity index (χ1v) is 7.39. The summed E-state index contributed by atoms with van der Waals surface area (Å²) in [4.78, 5) is 0. The van der Waals surface area contributed by atoms with Crippen LogP contribution >= 0.6 is 0 Å². The molecule has 0 radical (unpaired) electrons. The van der Waals surface area contributed by atoms with E-state index in [4.69, 9.17) is 0 Å². The van der Waals surface area contributed by atoms with Crippen LogP contribution in [0.25, 0.3) is 0 Å². The summed E-state index contributed by atoms with van der Waals surface area (Å²) in [6.07, 6.45) is 5.04. The fourth-order valence-electron chi connectivity index (χ4n) is 3.12. The van der Waals surface area contributed by atoms with Crippen molar-refractivity contribution in [2.24, 2.45) is 11.8 Å². The number of hydrogen-bond acceptors (Lipinski definition) is 1. The minimum atomic E-state index is 0.546. The molecule has 18 heavy (non-hydrogen) atoms. The predicted molar refractivity (Wildman–Crippen MR) is 78.9 cm³/mol. The molecule has 1 aliphatic carbocycles. The zero-order chi connectivity index (χ0) is 13.1. The van der Waals surface area contributed by atoms with Gasteiger partial charge in [-0.1, -0.05) is 39.0 Å². The minimum Gasteiger partial charge on any atom is -0.313 e. The van der Waals surface area contributed by atoms with Crippen LogP contribution in [0, 0.1) is 11.8 Å². The number of aryl methyl sites for hydroxylation is 1. The summed E-state index contributed by atoms with van der Waals surface area (Å²) in [6.45, 7) is 6.97. The van der Waals surface area contributed by atoms with E-state index in [1.165, 1.54) is 31.2 Å². The normalized spacial score (nSPS) is 23.8. The van der Waals surface area contributed by atoms with Crippen molar-refractivity contribution in [3.63, 3.8) is 0 Å². The van der Waals surface area contributed by atoms with Crippen LogP contribution in [0.5, 0.6) is 0 Å². The maximum Gasteiger partial charge on any atom is 0.0322 e. The Hall–Kier alpha value is -0.820. The Morgan fingerprint density at radius 2 is 2.11 bits per heavy atom. The molecule has 1 nitrogen and oxygen atoms in total. The van der Waals surface area contributed by atoms with Gasteiger partial charge in [-0.15, -0.1) is 0 Å². The lowest BCUT2D eigenvalue weighted by molar-refractivity contribution is 0.427. The molecular weight excluding hydrogens is 218 g/mol. The zero-order valence-corrected chi connectivity index (χ0v) is 12.3. The fourth-order valence-corrected chi connectivity index (χ4v) is 3.12. The van der Waals surface area contributed by atoms with Crippen molar-refractivity contribution in [1.82, 2.24) is 5.32 Å². The van der Waals surface area contributed by atoms with Crippen molar-refractivity contribution in [3.8, 4) is 0 Å². The van der Waals surface area contributed by atoms with Gasteiger partial charge in [-0.3, -0.25) is 0 Å². The largest absolute Gasteiger partial charge is 0.313 e. The van der Waals surface area contributed by atoms with Gasteiger partial charge in [0.25, 0.3) is 0 Å². The molecule has 0 spiro atoms. The number of fused-ring (bicyclic) bond motifs is 1.